The fraction of sp³-hybridized carbons (Fsp3) is 0.391. The summed E-state index contributed by atoms with van der Waals surface area (Å²) in [4.78, 5) is 16.2. The second-order valence-electron chi connectivity index (χ2n) is 8.06. The maximum Gasteiger partial charge on any atom is 0.167 e. The molecule has 0 fully saturated rings. The number of allylic oxidation sites excluding steroid dienone is 4. The topological polar surface area (TPSA) is 57.4 Å². The van der Waals surface area contributed by atoms with Crippen LogP contribution in [0.4, 0.5) is 0 Å². The second kappa shape index (κ2) is 8.84. The molecule has 2 aromatic heterocycles. The molecular formula is C23H30N4S2. The molecule has 0 saturated carbocycles. The molecule has 0 unspecified atom stereocenters. The predicted octanol–water partition coefficient (Wildman–Crippen LogP) is 7.13. The van der Waals surface area contributed by atoms with Gasteiger partial charge in [-0.05, 0) is 24.3 Å². The summed E-state index contributed by atoms with van der Waals surface area (Å²) in [6.45, 7) is 12.8. The molecule has 0 saturated heterocycles. The Morgan fingerprint density at radius 1 is 0.690 bits per heavy atom. The molecule has 0 aromatic carbocycles. The summed E-state index contributed by atoms with van der Waals surface area (Å²) in [6, 6.07) is 0. The van der Waals surface area contributed by atoms with Crippen LogP contribution in [0.3, 0.4) is 0 Å². The first kappa shape index (κ1) is 21.8. The van der Waals surface area contributed by atoms with Crippen LogP contribution in [0.2, 0.25) is 0 Å². The molecule has 0 amide bonds. The Kier molecular flexibility index (Phi) is 6.64. The molecule has 4 nitrogen and oxygen atoms in total. The van der Waals surface area contributed by atoms with Gasteiger partial charge in [-0.25, -0.2) is 9.97 Å². The number of fused-ring (bicyclic) bond motifs is 2. The molecule has 0 aliphatic heterocycles. The maximum absolute atomic E-state index is 4.70. The quantitative estimate of drug-likeness (QED) is 0.403. The minimum Gasteiger partial charge on any atom is -0.333 e. The molecule has 0 bridgehead atoms. The highest BCUT2D eigenvalue weighted by Crippen LogP contribution is 2.32. The highest BCUT2D eigenvalue weighted by atomic mass is 32.2. The zero-order valence-corrected chi connectivity index (χ0v) is 19.7. The van der Waals surface area contributed by atoms with Gasteiger partial charge in [-0.2, -0.15) is 0 Å². The van der Waals surface area contributed by atoms with Gasteiger partial charge in [-0.3, -0.25) is 0 Å². The molecule has 2 aromatic rings. The molecule has 0 radical (unpaired) electrons. The second-order valence-corrected chi connectivity index (χ2v) is 10.4. The third-order valence-electron chi connectivity index (χ3n) is 4.57. The number of aromatic nitrogens is 4. The van der Waals surface area contributed by atoms with Crippen molar-refractivity contribution in [2.24, 2.45) is 10.8 Å². The Balaban J connectivity index is 0.00000117. The monoisotopic (exact) mass is 426 g/mol. The number of nitrogens with one attached hydrogen (secondary N) is 2. The number of H-pyrrole nitrogens is 2. The maximum atomic E-state index is 4.70. The Morgan fingerprint density at radius 2 is 1.07 bits per heavy atom. The molecule has 2 aliphatic carbocycles. The van der Waals surface area contributed by atoms with E-state index in [2.05, 4.69) is 86.3 Å². The average Bonchev–Trinajstić information content (AvgIpc) is 3.19. The first-order valence-electron chi connectivity index (χ1n) is 10.0. The molecule has 29 heavy (non-hydrogen) atoms. The third-order valence-corrected chi connectivity index (χ3v) is 6.45. The van der Waals surface area contributed by atoms with Gasteiger partial charge in [0.2, 0.25) is 0 Å². The van der Waals surface area contributed by atoms with Crippen molar-refractivity contribution in [1.82, 2.24) is 19.9 Å². The van der Waals surface area contributed by atoms with Gasteiger partial charge in [0.15, 0.2) is 10.3 Å². The minimum atomic E-state index is 0.0695. The van der Waals surface area contributed by atoms with Gasteiger partial charge in [-0.15, -0.1) is 0 Å². The van der Waals surface area contributed by atoms with Gasteiger partial charge in [0.25, 0.3) is 0 Å². The Hall–Kier alpha value is -1.92. The highest BCUT2D eigenvalue weighted by molar-refractivity contribution is 8.15. The van der Waals surface area contributed by atoms with Crippen molar-refractivity contribution < 1.29 is 0 Å². The fourth-order valence-corrected chi connectivity index (χ4v) is 4.65. The van der Waals surface area contributed by atoms with Crippen LogP contribution in [0.25, 0.3) is 24.3 Å². The van der Waals surface area contributed by atoms with Crippen LogP contribution in [0.15, 0.2) is 34.6 Å². The van der Waals surface area contributed by atoms with Gasteiger partial charge in [0, 0.05) is 10.8 Å². The van der Waals surface area contributed by atoms with Crippen molar-refractivity contribution in [3.8, 4) is 0 Å². The van der Waals surface area contributed by atoms with Gasteiger partial charge in [-0.1, -0.05) is 89.4 Å². The number of rotatable bonds is 4. The summed E-state index contributed by atoms with van der Waals surface area (Å²) in [7, 11) is 0. The molecule has 0 spiro atoms. The lowest BCUT2D eigenvalue weighted by Gasteiger charge is -2.12. The summed E-state index contributed by atoms with van der Waals surface area (Å²) in [6.07, 6.45) is 17.3. The van der Waals surface area contributed by atoms with E-state index in [0.29, 0.717) is 0 Å². The van der Waals surface area contributed by atoms with Crippen LogP contribution in [0.5, 0.6) is 0 Å². The van der Waals surface area contributed by atoms with Crippen LogP contribution in [0.1, 0.15) is 64.3 Å². The molecule has 154 valence electrons. The largest absolute Gasteiger partial charge is 0.333 e. The predicted molar refractivity (Wildman–Crippen MR) is 129 cm³/mol. The summed E-state index contributed by atoms with van der Waals surface area (Å²) >= 11 is 3.40. The van der Waals surface area contributed by atoms with Crippen LogP contribution in [0, 0.1) is 10.8 Å². The smallest absolute Gasteiger partial charge is 0.167 e. The average molecular weight is 427 g/mol. The molecule has 0 atom stereocenters. The van der Waals surface area contributed by atoms with Crippen LogP contribution >= 0.6 is 23.5 Å². The van der Waals surface area contributed by atoms with E-state index in [-0.39, 0.29) is 10.8 Å². The molecule has 4 rings (SSSR count). The van der Waals surface area contributed by atoms with E-state index >= 15 is 0 Å². The normalized spacial score (nSPS) is 17.7. The lowest BCUT2D eigenvalue weighted by Crippen LogP contribution is -2.00. The fourth-order valence-electron chi connectivity index (χ4n) is 2.83. The van der Waals surface area contributed by atoms with Gasteiger partial charge in [0.1, 0.15) is 0 Å². The summed E-state index contributed by atoms with van der Waals surface area (Å²) in [5, 5.41) is 2.73. The van der Waals surface area contributed by atoms with Gasteiger partial charge >= 0.3 is 0 Å². The number of aromatic amines is 2. The number of thioether (sulfide) groups is 2. The lowest BCUT2D eigenvalue weighted by atomic mass is 9.93. The summed E-state index contributed by atoms with van der Waals surface area (Å²) in [5.74, 6) is 0. The van der Waals surface area contributed by atoms with Gasteiger partial charge in [0.05, 0.1) is 27.9 Å². The standard InChI is InChI=1S/C21H24N4S2.C2H6/c1-20(2)9-5-14-15(6-10-20)23-18(22-14)26-13-27-19-24-16-7-11-21(3,4)12-8-17(16)25-19;1-2/h5-12H,13H2,1-4H3,(H,22,23)(H,24,25);1-2H3. The first-order valence-corrected chi connectivity index (χ1v) is 12.0. The van der Waals surface area contributed by atoms with Crippen molar-refractivity contribution in [1.29, 1.82) is 0 Å². The zero-order chi connectivity index (χ0) is 21.1. The molecule has 2 heterocycles. The third kappa shape index (κ3) is 5.58. The van der Waals surface area contributed by atoms with Crippen LogP contribution in [-0.2, 0) is 0 Å². The van der Waals surface area contributed by atoms with Crippen molar-refractivity contribution in [3.05, 3.63) is 47.1 Å². The lowest BCUT2D eigenvalue weighted by molar-refractivity contribution is 0.633. The van der Waals surface area contributed by atoms with E-state index in [0.717, 1.165) is 38.2 Å². The number of imidazole rings is 2. The van der Waals surface area contributed by atoms with Crippen molar-refractivity contribution in [3.63, 3.8) is 0 Å². The minimum absolute atomic E-state index is 0.0695. The van der Waals surface area contributed by atoms with Crippen LogP contribution < -0.4 is 0 Å². The van der Waals surface area contributed by atoms with Gasteiger partial charge < -0.3 is 9.97 Å². The van der Waals surface area contributed by atoms with Crippen molar-refractivity contribution in [2.45, 2.75) is 51.9 Å². The first-order chi connectivity index (χ1) is 13.8. The van der Waals surface area contributed by atoms with E-state index in [1.807, 2.05) is 13.8 Å². The van der Waals surface area contributed by atoms with Crippen molar-refractivity contribution >= 4 is 47.8 Å². The summed E-state index contributed by atoms with van der Waals surface area (Å²) < 4.78 is 0. The SMILES string of the molecule is CC.CC1(C)C=Cc2nc(SCSc3nc4c([nH]3)C=CC(C)(C)C=C4)[nH]c2C=C1. The van der Waals surface area contributed by atoms with E-state index in [1.54, 1.807) is 23.5 Å². The van der Waals surface area contributed by atoms with E-state index in [1.165, 1.54) is 0 Å². The number of nitrogens with zero attached hydrogens (tertiary/aromatic N) is 2. The summed E-state index contributed by atoms with van der Waals surface area (Å²) in [5.41, 5.74) is 4.30. The zero-order valence-electron chi connectivity index (χ0n) is 18.0. The molecular weight excluding hydrogens is 396 g/mol. The van der Waals surface area contributed by atoms with E-state index in [4.69, 9.17) is 9.97 Å². The van der Waals surface area contributed by atoms with E-state index < -0.39 is 0 Å². The Labute approximate surface area is 182 Å². The number of hydrogen-bond acceptors (Lipinski definition) is 4. The van der Waals surface area contributed by atoms with Crippen LogP contribution in [-0.4, -0.2) is 25.0 Å². The Morgan fingerprint density at radius 3 is 1.48 bits per heavy atom. The molecule has 6 heteroatoms. The molecule has 2 aliphatic rings. The van der Waals surface area contributed by atoms with E-state index in [9.17, 15) is 0 Å². The number of hydrogen-bond donors (Lipinski definition) is 2. The van der Waals surface area contributed by atoms with Crippen molar-refractivity contribution in [2.75, 3.05) is 5.08 Å². The highest BCUT2D eigenvalue weighted by Gasteiger charge is 2.17. The molecule has 2 N–H and O–H groups in total. The Bertz CT molecular complexity index is 826.